The van der Waals surface area contributed by atoms with Crippen molar-refractivity contribution in [3.05, 3.63) is 63.1 Å². The number of aromatic nitrogens is 1. The van der Waals surface area contributed by atoms with Gasteiger partial charge < -0.3 is 40.0 Å². The van der Waals surface area contributed by atoms with Gasteiger partial charge in [-0.3, -0.25) is 24.0 Å². The SMILES string of the molecule is CC(C)(C)OC(=O)C[C@H]1CCC[C@H]1C(=O)O.N[C@H]1CCC[C@H]1CO.O=C(CCc1ccc(F)cc1F)c1cn2c(c(O)c1=O)C(=O)N1[C@@H](C2)OC[C@@H]2CCC[C@@H]21. The fourth-order valence-corrected chi connectivity index (χ4v) is 8.64. The molecule has 2 aliphatic heterocycles. The number of hydrogen-bond acceptors (Lipinski definition) is 10. The van der Waals surface area contributed by atoms with E-state index in [-0.39, 0.29) is 85.0 Å². The predicted octanol–water partition coefficient (Wildman–Crippen LogP) is 4.95. The monoisotopic (exact) mass is 787 g/mol. The number of amides is 1. The molecule has 0 radical (unpaired) electrons. The number of Topliss-reactive ketones (excluding diaryl/α,β-unsaturated/α-hetero) is 1. The van der Waals surface area contributed by atoms with Gasteiger partial charge in [-0.25, -0.2) is 8.78 Å². The summed E-state index contributed by atoms with van der Waals surface area (Å²) in [5.41, 5.74) is 3.95. The molecule has 15 heteroatoms. The Kier molecular flexibility index (Phi) is 14.1. The van der Waals surface area contributed by atoms with Crippen molar-refractivity contribution in [2.75, 3.05) is 13.2 Å². The van der Waals surface area contributed by atoms with E-state index in [2.05, 4.69) is 0 Å². The number of aliphatic carboxylic acids is 1. The van der Waals surface area contributed by atoms with Crippen LogP contribution in [0.25, 0.3) is 0 Å². The van der Waals surface area contributed by atoms with Crippen molar-refractivity contribution >= 4 is 23.6 Å². The molecule has 5 aliphatic rings. The summed E-state index contributed by atoms with van der Waals surface area (Å²) in [6.45, 7) is 6.47. The third-order valence-corrected chi connectivity index (χ3v) is 11.5. The molecule has 3 aliphatic carbocycles. The molecule has 0 spiro atoms. The van der Waals surface area contributed by atoms with Gasteiger partial charge in [-0.05, 0) is 89.2 Å². The van der Waals surface area contributed by atoms with Crippen LogP contribution in [0.1, 0.15) is 118 Å². The molecule has 13 nitrogen and oxygen atoms in total. The van der Waals surface area contributed by atoms with Crippen molar-refractivity contribution in [2.24, 2.45) is 29.4 Å². The van der Waals surface area contributed by atoms with Gasteiger partial charge in [0.05, 0.1) is 24.6 Å². The number of aromatic hydroxyl groups is 1. The first-order valence-corrected chi connectivity index (χ1v) is 19.7. The number of halogens is 2. The van der Waals surface area contributed by atoms with Crippen LogP contribution in [0.2, 0.25) is 0 Å². The van der Waals surface area contributed by atoms with Crippen molar-refractivity contribution < 1.29 is 52.8 Å². The molecule has 3 saturated carbocycles. The normalized spacial score (nSPS) is 26.5. The summed E-state index contributed by atoms with van der Waals surface area (Å²) in [7, 11) is 0. The third kappa shape index (κ3) is 10.2. The number of carbonyl (C=O) groups excluding carboxylic acids is 3. The molecule has 5 N–H and O–H groups in total. The lowest BCUT2D eigenvalue weighted by atomic mass is 9.93. The van der Waals surface area contributed by atoms with Gasteiger partial charge in [-0.15, -0.1) is 0 Å². The fraction of sp³-hybridized carbons (Fsp3) is 0.634. The number of nitrogens with two attached hydrogens (primary N) is 1. The Morgan fingerprint density at radius 2 is 1.70 bits per heavy atom. The maximum absolute atomic E-state index is 13.9. The van der Waals surface area contributed by atoms with Gasteiger partial charge >= 0.3 is 11.9 Å². The number of ketones is 1. The summed E-state index contributed by atoms with van der Waals surface area (Å²) in [5.74, 6) is -4.15. The average molecular weight is 788 g/mol. The third-order valence-electron chi connectivity index (χ3n) is 11.5. The highest BCUT2D eigenvalue weighted by Gasteiger charge is 2.47. The number of benzene rings is 1. The lowest BCUT2D eigenvalue weighted by molar-refractivity contribution is -0.156. The van der Waals surface area contributed by atoms with Gasteiger partial charge in [0, 0.05) is 49.7 Å². The lowest BCUT2D eigenvalue weighted by Crippen LogP contribution is -2.59. The number of pyridine rings is 1. The Bertz CT molecular complexity index is 1830. The number of aryl methyl sites for hydroxylation is 1. The quantitative estimate of drug-likeness (QED) is 0.209. The molecule has 1 aromatic carbocycles. The molecule has 1 amide bonds. The van der Waals surface area contributed by atoms with E-state index in [9.17, 15) is 37.9 Å². The topological polar surface area (TPSA) is 199 Å². The molecule has 7 rings (SSSR count). The van der Waals surface area contributed by atoms with E-state index in [4.69, 9.17) is 25.4 Å². The summed E-state index contributed by atoms with van der Waals surface area (Å²) in [6.07, 6.45) is 9.39. The zero-order valence-corrected chi connectivity index (χ0v) is 32.4. The van der Waals surface area contributed by atoms with Gasteiger partial charge in [-0.1, -0.05) is 25.3 Å². The number of aliphatic hydroxyl groups excluding tert-OH is 1. The van der Waals surface area contributed by atoms with Crippen LogP contribution in [-0.2, 0) is 32.0 Å². The van der Waals surface area contributed by atoms with Crippen LogP contribution in [-0.4, -0.2) is 85.5 Å². The van der Waals surface area contributed by atoms with Crippen LogP contribution in [0.3, 0.4) is 0 Å². The van der Waals surface area contributed by atoms with Crippen LogP contribution in [0.5, 0.6) is 5.75 Å². The number of aliphatic hydroxyl groups is 1. The number of nitrogens with zero attached hydrogens (tertiary/aromatic N) is 2. The molecule has 4 fully saturated rings. The second-order valence-electron chi connectivity index (χ2n) is 16.6. The van der Waals surface area contributed by atoms with Crippen molar-refractivity contribution in [3.63, 3.8) is 0 Å². The lowest BCUT2D eigenvalue weighted by Gasteiger charge is -2.46. The molecular formula is C41H55F2N3O10. The number of esters is 1. The van der Waals surface area contributed by atoms with Gasteiger partial charge in [0.2, 0.25) is 5.43 Å². The predicted molar refractivity (Wildman–Crippen MR) is 200 cm³/mol. The smallest absolute Gasteiger partial charge is 0.306 e. The minimum Gasteiger partial charge on any atom is -0.503 e. The van der Waals surface area contributed by atoms with E-state index in [1.165, 1.54) is 23.3 Å². The summed E-state index contributed by atoms with van der Waals surface area (Å²) >= 11 is 0. The number of hydrogen-bond donors (Lipinski definition) is 4. The Balaban J connectivity index is 0.000000207. The van der Waals surface area contributed by atoms with Crippen LogP contribution >= 0.6 is 0 Å². The molecule has 1 saturated heterocycles. The highest BCUT2D eigenvalue weighted by molar-refractivity contribution is 6.00. The number of carbonyl (C=O) groups is 4. The highest BCUT2D eigenvalue weighted by atomic mass is 19.1. The summed E-state index contributed by atoms with van der Waals surface area (Å²) in [4.78, 5) is 62.8. The van der Waals surface area contributed by atoms with E-state index in [0.717, 1.165) is 57.1 Å². The molecule has 56 heavy (non-hydrogen) atoms. The van der Waals surface area contributed by atoms with Gasteiger partial charge in [0.25, 0.3) is 5.91 Å². The number of fused-ring (bicyclic) bond motifs is 4. The molecule has 7 atom stereocenters. The van der Waals surface area contributed by atoms with Gasteiger partial charge in [0.15, 0.2) is 23.5 Å². The van der Waals surface area contributed by atoms with Crippen LogP contribution in [0.15, 0.2) is 29.2 Å². The molecule has 308 valence electrons. The van der Waals surface area contributed by atoms with E-state index < -0.39 is 52.3 Å². The molecule has 0 bridgehead atoms. The fourth-order valence-electron chi connectivity index (χ4n) is 8.64. The molecule has 0 unspecified atom stereocenters. The van der Waals surface area contributed by atoms with Crippen LogP contribution in [0, 0.1) is 35.3 Å². The molecule has 2 aromatic rings. The van der Waals surface area contributed by atoms with Crippen molar-refractivity contribution in [3.8, 4) is 5.75 Å². The molecular weight excluding hydrogens is 732 g/mol. The first-order valence-electron chi connectivity index (χ1n) is 19.7. The zero-order valence-electron chi connectivity index (χ0n) is 32.4. The summed E-state index contributed by atoms with van der Waals surface area (Å²) in [6, 6.07) is 3.38. The maximum atomic E-state index is 13.9. The maximum Gasteiger partial charge on any atom is 0.306 e. The molecule has 3 heterocycles. The van der Waals surface area contributed by atoms with Crippen LogP contribution < -0.4 is 11.2 Å². The largest absolute Gasteiger partial charge is 0.503 e. The summed E-state index contributed by atoms with van der Waals surface area (Å²) in [5, 5.41) is 28.2. The standard InChI is InChI=1S/C23H22F2N2O5.C12H20O4.C6H13NO/c24-14-6-4-12(16(25)8-14)5-7-18(28)15-9-26-10-19-27(17-3-1-2-13(17)11-32-19)23(31)20(26)22(30)21(15)29;1-12(2,3)16-10(13)7-8-5-4-6-9(8)11(14)15;7-6-3-1-2-5(6)4-8/h4,6,8-9,13,17,19,30H,1-3,5,7,10-11H2;8-9H,4-7H2,1-3H3,(H,14,15);5-6,8H,1-4,7H2/t13-,17-,19+;8-,9-;5-,6-/m010/s1. The van der Waals surface area contributed by atoms with Gasteiger partial charge in [0.1, 0.15) is 17.2 Å². The minimum atomic E-state index is -0.923. The van der Waals surface area contributed by atoms with E-state index >= 15 is 0 Å². The van der Waals surface area contributed by atoms with Crippen molar-refractivity contribution in [1.82, 2.24) is 9.47 Å². The highest BCUT2D eigenvalue weighted by Crippen LogP contribution is 2.39. The van der Waals surface area contributed by atoms with E-state index in [0.29, 0.717) is 18.9 Å². The second kappa shape index (κ2) is 18.4. The number of rotatable bonds is 8. The number of ether oxygens (including phenoxy) is 2. The Morgan fingerprint density at radius 1 is 1.00 bits per heavy atom. The minimum absolute atomic E-state index is 0.0245. The first-order chi connectivity index (χ1) is 26.5. The zero-order chi connectivity index (χ0) is 40.9. The second-order valence-corrected chi connectivity index (χ2v) is 16.6. The van der Waals surface area contributed by atoms with Gasteiger partial charge in [-0.2, -0.15) is 0 Å². The number of carboxylic acid groups (broad SMARTS) is 1. The molecule has 1 aromatic heterocycles. The Hall–Kier alpha value is -4.21. The van der Waals surface area contributed by atoms with E-state index in [1.54, 1.807) is 4.90 Å². The van der Waals surface area contributed by atoms with Crippen molar-refractivity contribution in [1.29, 1.82) is 0 Å². The average Bonchev–Trinajstić information content (AvgIpc) is 3.90. The van der Waals surface area contributed by atoms with Crippen molar-refractivity contribution in [2.45, 2.75) is 128 Å². The Labute approximate surface area is 325 Å². The summed E-state index contributed by atoms with van der Waals surface area (Å²) < 4.78 is 39.4. The van der Waals surface area contributed by atoms with Crippen LogP contribution in [0.4, 0.5) is 8.78 Å². The Morgan fingerprint density at radius 3 is 2.32 bits per heavy atom. The van der Waals surface area contributed by atoms with E-state index in [1.807, 2.05) is 20.8 Å². The first kappa shape index (κ1) is 42.9. The number of carboxylic acids is 1.